The van der Waals surface area contributed by atoms with E-state index in [9.17, 15) is 22.8 Å². The van der Waals surface area contributed by atoms with E-state index in [0.29, 0.717) is 16.9 Å². The van der Waals surface area contributed by atoms with Crippen molar-refractivity contribution < 1.29 is 45.9 Å². The first-order valence-electron chi connectivity index (χ1n) is 15.7. The summed E-state index contributed by atoms with van der Waals surface area (Å²) in [4.78, 5) is 22.8. The number of quaternary nitrogens is 1. The Hall–Kier alpha value is -2.41. The summed E-state index contributed by atoms with van der Waals surface area (Å²) in [7, 11) is 1.89. The van der Waals surface area contributed by atoms with Gasteiger partial charge in [-0.1, -0.05) is 71.6 Å². The Labute approximate surface area is 272 Å². The van der Waals surface area contributed by atoms with E-state index in [1.165, 1.54) is 5.56 Å². The first-order chi connectivity index (χ1) is 21.1. The lowest BCUT2D eigenvalue weighted by atomic mass is 9.61. The molecule has 2 aromatic carbocycles. The van der Waals surface area contributed by atoms with E-state index >= 15 is 0 Å². The fourth-order valence-corrected chi connectivity index (χ4v) is 7.04. The van der Waals surface area contributed by atoms with Crippen LogP contribution in [-0.4, -0.2) is 62.5 Å². The Bertz CT molecular complexity index is 1340. The van der Waals surface area contributed by atoms with E-state index in [4.69, 9.17) is 18.8 Å². The minimum absolute atomic E-state index is 0.0713. The minimum Gasteiger partial charge on any atom is -0.600 e. The Morgan fingerprint density at radius 1 is 0.933 bits per heavy atom. The molecule has 12 heteroatoms. The molecule has 248 valence electrons. The van der Waals surface area contributed by atoms with Gasteiger partial charge in [-0.2, -0.15) is 13.2 Å². The summed E-state index contributed by atoms with van der Waals surface area (Å²) in [6, 6.07) is 15.5. The zero-order valence-corrected chi connectivity index (χ0v) is 28.4. The highest BCUT2D eigenvalue weighted by atomic mass is 79.9. The lowest BCUT2D eigenvalue weighted by Gasteiger charge is -2.40. The number of hydrogen-bond donors (Lipinski definition) is 0. The Balaban J connectivity index is 0.000000157. The number of nitrogens with zero attached hydrogens (tertiary/aromatic N) is 1. The van der Waals surface area contributed by atoms with Gasteiger partial charge in [-0.05, 0) is 74.7 Å². The number of alkyl halides is 3. The molecule has 2 aliphatic carbocycles. The molecule has 6 rings (SSSR count). The highest BCUT2D eigenvalue weighted by molar-refractivity contribution is 9.10. The molecule has 2 saturated carbocycles. The maximum Gasteiger partial charge on any atom is 0.587 e. The standard InChI is InChI=1S/C14H17F3O.C10H13BrO.C9H14BNO4/c1-3-18-9(2)10-5-4-6-11(7-10)12-8-13(12)14(15,16)17;1-3-12-8(2)9-5-4-6-10(11)7-9;1-6-3-7(6)10-11(2,4-8(12)14-10)5-9(13)15-10/h4-7,9,12-13H,3,8H2,1-2H3;4-8H,3H2,1-2H3;6-7H,3-5H2,1-2H3/t9?,12-,13+;;6-,7-,10?,11?/m1.1/s1. The highest BCUT2D eigenvalue weighted by Crippen LogP contribution is 2.58. The van der Waals surface area contributed by atoms with Gasteiger partial charge < -0.3 is 23.2 Å². The monoisotopic (exact) mass is 697 g/mol. The number of benzene rings is 2. The molecule has 0 N–H and O–H groups in total. The molecule has 2 heterocycles. The number of likely N-dealkylation sites (N-methyl/N-ethyl adjacent to an activating group) is 1. The van der Waals surface area contributed by atoms with Gasteiger partial charge >= 0.3 is 24.8 Å². The molecule has 2 aliphatic heterocycles. The number of ether oxygens (including phenoxy) is 2. The molecule has 0 spiro atoms. The van der Waals surface area contributed by atoms with Crippen molar-refractivity contribution in [1.29, 1.82) is 0 Å². The van der Waals surface area contributed by atoms with Crippen LogP contribution in [0.3, 0.4) is 0 Å². The number of hydrogen-bond acceptors (Lipinski definition) is 6. The Morgan fingerprint density at radius 3 is 1.89 bits per heavy atom. The molecule has 4 fully saturated rings. The van der Waals surface area contributed by atoms with Crippen LogP contribution in [0, 0.1) is 11.8 Å². The molecular weight excluding hydrogens is 654 g/mol. The van der Waals surface area contributed by atoms with Gasteiger partial charge in [-0.3, -0.25) is 9.59 Å². The molecule has 0 radical (unpaired) electrons. The van der Waals surface area contributed by atoms with Gasteiger partial charge in [0.1, 0.15) is 13.1 Å². The second-order valence-electron chi connectivity index (χ2n) is 12.8. The molecule has 6 atom stereocenters. The summed E-state index contributed by atoms with van der Waals surface area (Å²) in [5, 5.41) is 0. The molecule has 0 bridgehead atoms. The number of carbonyl (C=O) groups excluding carboxylic acids is 2. The molecule has 4 aliphatic rings. The van der Waals surface area contributed by atoms with Gasteiger partial charge in [0.25, 0.3) is 0 Å². The van der Waals surface area contributed by atoms with E-state index in [0.717, 1.165) is 28.6 Å². The predicted molar refractivity (Wildman–Crippen MR) is 169 cm³/mol. The number of halogens is 4. The van der Waals surface area contributed by atoms with Crippen molar-refractivity contribution in [2.75, 3.05) is 33.4 Å². The van der Waals surface area contributed by atoms with Crippen LogP contribution in [0.2, 0.25) is 5.82 Å². The average molecular weight is 698 g/mol. The SMILES string of the molecule is CCOC(C)c1cccc(Br)c1.CCOC(C)c1cccc([C@H]2C[C@@H]2C(F)(F)F)c1.C[C@@H]1C[C@H]1[B-]12OC(=O)C[N+]1(C)CC(=O)O2. The smallest absolute Gasteiger partial charge is 0.587 e. The zero-order valence-electron chi connectivity index (χ0n) is 26.8. The van der Waals surface area contributed by atoms with Crippen molar-refractivity contribution in [3.05, 3.63) is 69.7 Å². The lowest BCUT2D eigenvalue weighted by Crippen LogP contribution is -2.60. The van der Waals surface area contributed by atoms with Gasteiger partial charge in [-0.15, -0.1) is 0 Å². The second-order valence-corrected chi connectivity index (χ2v) is 13.7. The topological polar surface area (TPSA) is 71.1 Å². The molecule has 45 heavy (non-hydrogen) atoms. The summed E-state index contributed by atoms with van der Waals surface area (Å²) >= 11 is 3.43. The molecule has 2 saturated heterocycles. The number of fused-ring (bicyclic) bond motifs is 1. The van der Waals surface area contributed by atoms with Crippen molar-refractivity contribution >= 4 is 34.6 Å². The summed E-state index contributed by atoms with van der Waals surface area (Å²) in [6.07, 6.45) is -2.73. The second kappa shape index (κ2) is 14.2. The van der Waals surface area contributed by atoms with E-state index in [-0.39, 0.29) is 55.4 Å². The maximum absolute atomic E-state index is 12.5. The Morgan fingerprint density at radius 2 is 1.44 bits per heavy atom. The van der Waals surface area contributed by atoms with Crippen LogP contribution < -0.4 is 0 Å². The van der Waals surface area contributed by atoms with Crippen molar-refractivity contribution in [1.82, 2.24) is 0 Å². The van der Waals surface area contributed by atoms with Crippen LogP contribution in [-0.2, 0) is 28.4 Å². The quantitative estimate of drug-likeness (QED) is 0.261. The Kier molecular flexibility index (Phi) is 11.1. The predicted octanol–water partition coefficient (Wildman–Crippen LogP) is 7.89. The van der Waals surface area contributed by atoms with Crippen molar-refractivity contribution in [3.63, 3.8) is 0 Å². The molecule has 2 aromatic rings. The highest BCUT2D eigenvalue weighted by Gasteiger charge is 2.73. The first kappa shape index (κ1) is 35.4. The van der Waals surface area contributed by atoms with Gasteiger partial charge in [0.15, 0.2) is 0 Å². The van der Waals surface area contributed by atoms with E-state index in [1.54, 1.807) is 6.07 Å². The summed E-state index contributed by atoms with van der Waals surface area (Å²) in [6.45, 7) is 10.2. The van der Waals surface area contributed by atoms with E-state index < -0.39 is 18.8 Å². The lowest BCUT2D eigenvalue weighted by molar-refractivity contribution is -0.794. The first-order valence-corrected chi connectivity index (χ1v) is 16.5. The normalized spacial score (nSPS) is 30.9. The third-order valence-electron chi connectivity index (χ3n) is 9.33. The molecule has 2 unspecified atom stereocenters. The molecule has 0 amide bonds. The molecule has 0 aromatic heterocycles. The van der Waals surface area contributed by atoms with Crippen molar-refractivity contribution in [2.45, 2.75) is 77.6 Å². The van der Waals surface area contributed by atoms with Crippen molar-refractivity contribution in [2.24, 2.45) is 11.8 Å². The minimum atomic E-state index is -4.06. The fraction of sp³-hybridized carbons (Fsp3) is 0.576. The third-order valence-corrected chi connectivity index (χ3v) is 9.83. The molecule has 7 nitrogen and oxygen atoms in total. The summed E-state index contributed by atoms with van der Waals surface area (Å²) < 4.78 is 60.7. The molecular formula is C33H44BBrF3NO6. The van der Waals surface area contributed by atoms with Crippen LogP contribution in [0.4, 0.5) is 13.2 Å². The van der Waals surface area contributed by atoms with Crippen molar-refractivity contribution in [3.8, 4) is 0 Å². The van der Waals surface area contributed by atoms with Gasteiger partial charge in [0.2, 0.25) is 0 Å². The van der Waals surface area contributed by atoms with E-state index in [2.05, 4.69) is 41.9 Å². The summed E-state index contributed by atoms with van der Waals surface area (Å²) in [5.41, 5.74) is 2.94. The van der Waals surface area contributed by atoms with E-state index in [1.807, 2.05) is 58.2 Å². The zero-order chi connectivity index (χ0) is 33.2. The van der Waals surface area contributed by atoms with Gasteiger partial charge in [0, 0.05) is 24.7 Å². The summed E-state index contributed by atoms with van der Waals surface area (Å²) in [5.74, 6) is -1.24. The van der Waals surface area contributed by atoms with Gasteiger partial charge in [0.05, 0.1) is 18.1 Å². The fourth-order valence-electron chi connectivity index (χ4n) is 6.62. The number of rotatable bonds is 8. The third kappa shape index (κ3) is 8.31. The van der Waals surface area contributed by atoms with Crippen LogP contribution >= 0.6 is 15.9 Å². The maximum atomic E-state index is 12.5. The van der Waals surface area contributed by atoms with Crippen LogP contribution in [0.15, 0.2) is 53.0 Å². The van der Waals surface area contributed by atoms with Crippen LogP contribution in [0.25, 0.3) is 0 Å². The largest absolute Gasteiger partial charge is 0.600 e. The van der Waals surface area contributed by atoms with Crippen LogP contribution in [0.1, 0.15) is 82.3 Å². The van der Waals surface area contributed by atoms with Crippen LogP contribution in [0.5, 0.6) is 0 Å². The number of carbonyl (C=O) groups is 2. The average Bonchev–Trinajstić information content (AvgIpc) is 3.87. The van der Waals surface area contributed by atoms with Gasteiger partial charge in [-0.25, -0.2) is 0 Å².